The lowest BCUT2D eigenvalue weighted by molar-refractivity contribution is 0.635. The van der Waals surface area contributed by atoms with Crippen molar-refractivity contribution in [3.05, 3.63) is 27.2 Å². The van der Waals surface area contributed by atoms with Crippen molar-refractivity contribution in [2.75, 3.05) is 0 Å². The van der Waals surface area contributed by atoms with E-state index in [1.165, 1.54) is 6.07 Å². The molecule has 0 aliphatic carbocycles. The van der Waals surface area contributed by atoms with Crippen LogP contribution in [0.15, 0.2) is 12.1 Å². The minimum atomic E-state index is -0.502. The number of halogens is 2. The first-order valence-electron chi connectivity index (χ1n) is 3.46. The van der Waals surface area contributed by atoms with Gasteiger partial charge in [0.15, 0.2) is 5.82 Å². The highest BCUT2D eigenvalue weighted by Crippen LogP contribution is 2.23. The van der Waals surface area contributed by atoms with Crippen LogP contribution in [0.3, 0.4) is 0 Å². The van der Waals surface area contributed by atoms with Crippen LogP contribution in [0.2, 0.25) is 0 Å². The monoisotopic (exact) mass is 287 g/mol. The van der Waals surface area contributed by atoms with Crippen LogP contribution in [-0.2, 0) is 0 Å². The molecule has 0 bridgehead atoms. The SMILES string of the molecule is N#Cc1ccc2[nH]nc(I)c2c1F. The van der Waals surface area contributed by atoms with Gasteiger partial charge in [-0.15, -0.1) is 0 Å². The van der Waals surface area contributed by atoms with Gasteiger partial charge >= 0.3 is 0 Å². The number of H-pyrrole nitrogens is 1. The number of aromatic nitrogens is 2. The molecule has 0 spiro atoms. The molecule has 0 amide bonds. The molecule has 0 unspecified atom stereocenters. The molecule has 2 aromatic rings. The molecule has 0 aliphatic heterocycles. The van der Waals surface area contributed by atoms with Crippen molar-refractivity contribution in [1.29, 1.82) is 5.26 Å². The Balaban J connectivity index is 2.93. The van der Waals surface area contributed by atoms with Gasteiger partial charge in [-0.25, -0.2) is 4.39 Å². The molecule has 1 aromatic carbocycles. The van der Waals surface area contributed by atoms with Gasteiger partial charge in [0.1, 0.15) is 9.77 Å². The van der Waals surface area contributed by atoms with E-state index >= 15 is 0 Å². The average molecular weight is 287 g/mol. The van der Waals surface area contributed by atoms with Gasteiger partial charge in [0, 0.05) is 0 Å². The lowest BCUT2D eigenvalue weighted by Crippen LogP contribution is -1.84. The van der Waals surface area contributed by atoms with Crippen LogP contribution in [0.5, 0.6) is 0 Å². The van der Waals surface area contributed by atoms with Crippen molar-refractivity contribution >= 4 is 33.5 Å². The maximum Gasteiger partial charge on any atom is 0.153 e. The maximum atomic E-state index is 13.5. The zero-order valence-corrected chi connectivity index (χ0v) is 8.46. The number of nitrogens with one attached hydrogen (secondary N) is 1. The molecule has 0 saturated heterocycles. The van der Waals surface area contributed by atoms with Gasteiger partial charge in [0.25, 0.3) is 0 Å². The first kappa shape index (κ1) is 8.44. The van der Waals surface area contributed by atoms with Gasteiger partial charge in [-0.2, -0.15) is 10.4 Å². The predicted molar refractivity (Wildman–Crippen MR) is 53.5 cm³/mol. The van der Waals surface area contributed by atoms with Crippen molar-refractivity contribution in [3.8, 4) is 6.07 Å². The molecule has 0 fully saturated rings. The summed E-state index contributed by atoms with van der Waals surface area (Å²) in [6, 6.07) is 4.87. The second-order valence-electron chi connectivity index (χ2n) is 2.48. The van der Waals surface area contributed by atoms with E-state index in [1.807, 2.05) is 22.6 Å². The summed E-state index contributed by atoms with van der Waals surface area (Å²) in [6.07, 6.45) is 0. The third kappa shape index (κ3) is 1.18. The lowest BCUT2D eigenvalue weighted by Gasteiger charge is -1.94. The van der Waals surface area contributed by atoms with E-state index in [4.69, 9.17) is 5.26 Å². The second kappa shape index (κ2) is 2.96. The fraction of sp³-hybridized carbons (Fsp3) is 0. The average Bonchev–Trinajstić information content (AvgIpc) is 2.49. The summed E-state index contributed by atoms with van der Waals surface area (Å²) >= 11 is 1.92. The summed E-state index contributed by atoms with van der Waals surface area (Å²) in [6.45, 7) is 0. The molecule has 64 valence electrons. The number of fused-ring (bicyclic) bond motifs is 1. The number of hydrogen-bond acceptors (Lipinski definition) is 2. The van der Waals surface area contributed by atoms with Crippen molar-refractivity contribution in [2.24, 2.45) is 0 Å². The van der Waals surface area contributed by atoms with Gasteiger partial charge in [0.05, 0.1) is 16.5 Å². The first-order valence-corrected chi connectivity index (χ1v) is 4.54. The third-order valence-electron chi connectivity index (χ3n) is 1.74. The molecule has 1 N–H and O–H groups in total. The van der Waals surface area contributed by atoms with Crippen LogP contribution >= 0.6 is 22.6 Å². The highest BCUT2D eigenvalue weighted by molar-refractivity contribution is 14.1. The Hall–Kier alpha value is -1.16. The molecule has 2 rings (SSSR count). The molecular weight excluding hydrogens is 284 g/mol. The van der Waals surface area contributed by atoms with Crippen LogP contribution in [0, 0.1) is 20.8 Å². The highest BCUT2D eigenvalue weighted by atomic mass is 127. The van der Waals surface area contributed by atoms with Crippen LogP contribution in [0.25, 0.3) is 10.9 Å². The number of nitrogens with zero attached hydrogens (tertiary/aromatic N) is 2. The molecule has 5 heteroatoms. The summed E-state index contributed by atoms with van der Waals surface area (Å²) in [5, 5.41) is 15.5. The summed E-state index contributed by atoms with van der Waals surface area (Å²) in [7, 11) is 0. The molecule has 0 aliphatic rings. The minimum absolute atomic E-state index is 0.0480. The van der Waals surface area contributed by atoms with E-state index in [0.29, 0.717) is 14.6 Å². The smallest absolute Gasteiger partial charge is 0.153 e. The number of aromatic amines is 1. The van der Waals surface area contributed by atoms with Gasteiger partial charge < -0.3 is 0 Å². The Morgan fingerprint density at radius 1 is 1.54 bits per heavy atom. The molecular formula is C8H3FIN3. The Morgan fingerprint density at radius 3 is 3.00 bits per heavy atom. The number of hydrogen-bond donors (Lipinski definition) is 1. The number of benzene rings is 1. The molecule has 0 atom stereocenters. The molecule has 13 heavy (non-hydrogen) atoms. The van der Waals surface area contributed by atoms with E-state index in [9.17, 15) is 4.39 Å². The Bertz CT molecular complexity index is 512. The van der Waals surface area contributed by atoms with Crippen molar-refractivity contribution in [1.82, 2.24) is 10.2 Å². The molecule has 1 aromatic heterocycles. The van der Waals surface area contributed by atoms with Crippen LogP contribution in [0.4, 0.5) is 4.39 Å². The van der Waals surface area contributed by atoms with Crippen LogP contribution in [0.1, 0.15) is 5.56 Å². The second-order valence-corrected chi connectivity index (χ2v) is 3.50. The van der Waals surface area contributed by atoms with Crippen molar-refractivity contribution < 1.29 is 4.39 Å². The fourth-order valence-electron chi connectivity index (χ4n) is 1.12. The van der Waals surface area contributed by atoms with E-state index in [-0.39, 0.29) is 5.56 Å². The predicted octanol–water partition coefficient (Wildman–Crippen LogP) is 2.18. The Kier molecular flexibility index (Phi) is 1.92. The quantitative estimate of drug-likeness (QED) is 0.755. The van der Waals surface area contributed by atoms with E-state index in [1.54, 1.807) is 12.1 Å². The third-order valence-corrected chi connectivity index (χ3v) is 2.52. The molecule has 1 heterocycles. The summed E-state index contributed by atoms with van der Waals surface area (Å²) < 4.78 is 14.0. The standard InChI is InChI=1S/C8H3FIN3/c9-7-4(3-11)1-2-5-6(7)8(10)13-12-5/h1-2H,(H,12,13). The molecule has 0 radical (unpaired) electrons. The Morgan fingerprint density at radius 2 is 2.31 bits per heavy atom. The number of nitriles is 1. The van der Waals surface area contributed by atoms with E-state index in [0.717, 1.165) is 0 Å². The largest absolute Gasteiger partial charge is 0.277 e. The summed E-state index contributed by atoms with van der Waals surface area (Å²) in [5.41, 5.74) is 0.660. The minimum Gasteiger partial charge on any atom is -0.277 e. The van der Waals surface area contributed by atoms with Crippen molar-refractivity contribution in [3.63, 3.8) is 0 Å². The summed E-state index contributed by atoms with van der Waals surface area (Å²) in [4.78, 5) is 0. The zero-order chi connectivity index (χ0) is 9.42. The molecule has 3 nitrogen and oxygen atoms in total. The van der Waals surface area contributed by atoms with E-state index < -0.39 is 5.82 Å². The topological polar surface area (TPSA) is 52.5 Å². The highest BCUT2D eigenvalue weighted by Gasteiger charge is 2.11. The van der Waals surface area contributed by atoms with E-state index in [2.05, 4.69) is 10.2 Å². The van der Waals surface area contributed by atoms with Gasteiger partial charge in [0.2, 0.25) is 0 Å². The Labute approximate surface area is 86.7 Å². The normalized spacial score (nSPS) is 10.2. The lowest BCUT2D eigenvalue weighted by atomic mass is 10.1. The first-order chi connectivity index (χ1) is 6.24. The van der Waals surface area contributed by atoms with Gasteiger partial charge in [-0.1, -0.05) is 0 Å². The van der Waals surface area contributed by atoms with Gasteiger partial charge in [-0.05, 0) is 34.7 Å². The van der Waals surface area contributed by atoms with Crippen LogP contribution < -0.4 is 0 Å². The van der Waals surface area contributed by atoms with Crippen LogP contribution in [-0.4, -0.2) is 10.2 Å². The fourth-order valence-corrected chi connectivity index (χ4v) is 1.77. The zero-order valence-electron chi connectivity index (χ0n) is 6.31. The maximum absolute atomic E-state index is 13.5. The number of rotatable bonds is 0. The molecule has 0 saturated carbocycles. The summed E-state index contributed by atoms with van der Waals surface area (Å²) in [5.74, 6) is -0.502. The van der Waals surface area contributed by atoms with Crippen molar-refractivity contribution in [2.45, 2.75) is 0 Å². The van der Waals surface area contributed by atoms with Gasteiger partial charge in [-0.3, -0.25) is 5.10 Å².